The fourth-order valence-electron chi connectivity index (χ4n) is 1.80. The Bertz CT molecular complexity index is 317. The lowest BCUT2D eigenvalue weighted by Crippen LogP contribution is -2.54. The minimum atomic E-state index is -1.25. The maximum Gasteiger partial charge on any atom is 0.328 e. The molecule has 0 radical (unpaired) electrons. The molecule has 1 amide bonds. The predicted octanol–water partition coefficient (Wildman–Crippen LogP) is -0.0196. The maximum atomic E-state index is 12.0. The van der Waals surface area contributed by atoms with Crippen LogP contribution in [0.2, 0.25) is 0 Å². The smallest absolute Gasteiger partial charge is 0.328 e. The molecule has 18 heavy (non-hydrogen) atoms. The van der Waals surface area contributed by atoms with E-state index in [1.54, 1.807) is 0 Å². The van der Waals surface area contributed by atoms with E-state index >= 15 is 0 Å². The van der Waals surface area contributed by atoms with Gasteiger partial charge >= 0.3 is 5.97 Å². The summed E-state index contributed by atoms with van der Waals surface area (Å²) in [4.78, 5) is 23.0. The fraction of sp³-hybridized carbons (Fsp3) is 0.833. The van der Waals surface area contributed by atoms with Crippen molar-refractivity contribution in [3.63, 3.8) is 0 Å². The van der Waals surface area contributed by atoms with Crippen molar-refractivity contribution in [2.45, 2.75) is 38.8 Å². The molecule has 0 saturated carbocycles. The number of carbonyl (C=O) groups excluding carboxylic acids is 1. The van der Waals surface area contributed by atoms with Crippen LogP contribution in [0.25, 0.3) is 0 Å². The first kappa shape index (κ1) is 14.9. The van der Waals surface area contributed by atoms with Gasteiger partial charge in [-0.2, -0.15) is 0 Å². The van der Waals surface area contributed by atoms with E-state index < -0.39 is 11.5 Å². The number of ether oxygens (including phenoxy) is 1. The third-order valence-electron chi connectivity index (χ3n) is 3.04. The van der Waals surface area contributed by atoms with Gasteiger partial charge < -0.3 is 20.5 Å². The van der Waals surface area contributed by atoms with E-state index in [0.29, 0.717) is 13.2 Å². The van der Waals surface area contributed by atoms with Gasteiger partial charge in [-0.25, -0.2) is 4.79 Å². The third-order valence-corrected chi connectivity index (χ3v) is 3.04. The first-order valence-corrected chi connectivity index (χ1v) is 6.25. The fourth-order valence-corrected chi connectivity index (χ4v) is 1.80. The lowest BCUT2D eigenvalue weighted by atomic mass is 9.99. The molecule has 6 heteroatoms. The average molecular weight is 258 g/mol. The number of carbonyl (C=O) groups is 2. The van der Waals surface area contributed by atoms with Crippen LogP contribution in [-0.2, 0) is 14.3 Å². The third kappa shape index (κ3) is 3.68. The molecule has 0 aromatic heterocycles. The Kier molecular flexibility index (Phi) is 5.10. The van der Waals surface area contributed by atoms with Crippen LogP contribution in [0.4, 0.5) is 0 Å². The SMILES string of the molecule is CCCNC1COCC1C(=O)NC(C)(C)C(=O)O. The highest BCUT2D eigenvalue weighted by Crippen LogP contribution is 2.15. The second kappa shape index (κ2) is 6.15. The maximum absolute atomic E-state index is 12.0. The summed E-state index contributed by atoms with van der Waals surface area (Å²) in [7, 11) is 0. The summed E-state index contributed by atoms with van der Waals surface area (Å²) in [6.07, 6.45) is 0.978. The lowest BCUT2D eigenvalue weighted by Gasteiger charge is -2.25. The summed E-state index contributed by atoms with van der Waals surface area (Å²) in [6, 6.07) is -0.0328. The molecule has 1 aliphatic heterocycles. The number of amides is 1. The number of aliphatic carboxylic acids is 1. The Morgan fingerprint density at radius 1 is 1.39 bits per heavy atom. The predicted molar refractivity (Wildman–Crippen MR) is 66.2 cm³/mol. The summed E-state index contributed by atoms with van der Waals surface area (Å²) < 4.78 is 5.29. The van der Waals surface area contributed by atoms with Gasteiger partial charge in [0.25, 0.3) is 0 Å². The highest BCUT2D eigenvalue weighted by atomic mass is 16.5. The van der Waals surface area contributed by atoms with Crippen molar-refractivity contribution >= 4 is 11.9 Å². The Hall–Kier alpha value is -1.14. The van der Waals surface area contributed by atoms with E-state index in [0.717, 1.165) is 13.0 Å². The van der Waals surface area contributed by atoms with E-state index in [1.165, 1.54) is 13.8 Å². The van der Waals surface area contributed by atoms with Crippen molar-refractivity contribution in [1.82, 2.24) is 10.6 Å². The van der Waals surface area contributed by atoms with Crippen LogP contribution in [0.5, 0.6) is 0 Å². The lowest BCUT2D eigenvalue weighted by molar-refractivity contribution is -0.146. The van der Waals surface area contributed by atoms with Gasteiger partial charge in [-0.3, -0.25) is 4.79 Å². The number of hydrogen-bond donors (Lipinski definition) is 3. The van der Waals surface area contributed by atoms with Crippen molar-refractivity contribution < 1.29 is 19.4 Å². The Morgan fingerprint density at radius 2 is 2.06 bits per heavy atom. The normalized spacial score (nSPS) is 23.9. The standard InChI is InChI=1S/C12H22N2O4/c1-4-5-13-9-7-18-6-8(9)10(15)14-12(2,3)11(16)17/h8-9,13H,4-7H2,1-3H3,(H,14,15)(H,16,17). The molecule has 0 spiro atoms. The van der Waals surface area contributed by atoms with E-state index in [2.05, 4.69) is 10.6 Å². The Labute approximate surface area is 107 Å². The van der Waals surface area contributed by atoms with Crippen molar-refractivity contribution in [1.29, 1.82) is 0 Å². The molecule has 2 unspecified atom stereocenters. The Balaban J connectivity index is 2.57. The van der Waals surface area contributed by atoms with Crippen molar-refractivity contribution in [3.8, 4) is 0 Å². The molecule has 3 N–H and O–H groups in total. The molecule has 1 heterocycles. The highest BCUT2D eigenvalue weighted by Gasteiger charge is 2.38. The van der Waals surface area contributed by atoms with Gasteiger partial charge in [-0.1, -0.05) is 6.92 Å². The van der Waals surface area contributed by atoms with Crippen molar-refractivity contribution in [2.24, 2.45) is 5.92 Å². The monoisotopic (exact) mass is 258 g/mol. The molecule has 0 aromatic carbocycles. The summed E-state index contributed by atoms with van der Waals surface area (Å²) in [5.74, 6) is -1.64. The van der Waals surface area contributed by atoms with Crippen LogP contribution in [0.1, 0.15) is 27.2 Å². The average Bonchev–Trinajstić information content (AvgIpc) is 2.73. The van der Waals surface area contributed by atoms with Crippen LogP contribution in [0.3, 0.4) is 0 Å². The molecule has 1 rings (SSSR count). The molecular weight excluding hydrogens is 236 g/mol. The molecule has 2 atom stereocenters. The van der Waals surface area contributed by atoms with E-state index in [4.69, 9.17) is 9.84 Å². The largest absolute Gasteiger partial charge is 0.480 e. The van der Waals surface area contributed by atoms with Gasteiger partial charge in [-0.05, 0) is 26.8 Å². The van der Waals surface area contributed by atoms with Crippen molar-refractivity contribution in [2.75, 3.05) is 19.8 Å². The molecule has 0 aromatic rings. The molecule has 1 saturated heterocycles. The van der Waals surface area contributed by atoms with Crippen LogP contribution in [0, 0.1) is 5.92 Å². The summed E-state index contributed by atoms with van der Waals surface area (Å²) in [6.45, 7) is 6.63. The topological polar surface area (TPSA) is 87.7 Å². The first-order valence-electron chi connectivity index (χ1n) is 6.25. The molecule has 104 valence electrons. The second-order valence-corrected chi connectivity index (χ2v) is 5.12. The van der Waals surface area contributed by atoms with E-state index in [1.807, 2.05) is 6.92 Å². The van der Waals surface area contributed by atoms with Gasteiger partial charge in [0, 0.05) is 6.04 Å². The van der Waals surface area contributed by atoms with Crippen LogP contribution < -0.4 is 10.6 Å². The number of rotatable bonds is 6. The zero-order valence-corrected chi connectivity index (χ0v) is 11.2. The van der Waals surface area contributed by atoms with Crippen LogP contribution in [0.15, 0.2) is 0 Å². The van der Waals surface area contributed by atoms with E-state index in [-0.39, 0.29) is 17.9 Å². The Morgan fingerprint density at radius 3 is 2.61 bits per heavy atom. The molecule has 0 aliphatic carbocycles. The van der Waals surface area contributed by atoms with Gasteiger partial charge in [0.15, 0.2) is 0 Å². The van der Waals surface area contributed by atoms with Crippen molar-refractivity contribution in [3.05, 3.63) is 0 Å². The zero-order valence-electron chi connectivity index (χ0n) is 11.2. The van der Waals surface area contributed by atoms with Crippen LogP contribution in [-0.4, -0.2) is 48.3 Å². The molecular formula is C12H22N2O4. The summed E-state index contributed by atoms with van der Waals surface area (Å²) >= 11 is 0. The molecule has 1 aliphatic rings. The van der Waals surface area contributed by atoms with Crippen LogP contribution >= 0.6 is 0 Å². The van der Waals surface area contributed by atoms with Gasteiger partial charge in [0.2, 0.25) is 5.91 Å². The van der Waals surface area contributed by atoms with Gasteiger partial charge in [-0.15, -0.1) is 0 Å². The number of hydrogen-bond acceptors (Lipinski definition) is 4. The summed E-state index contributed by atoms with van der Waals surface area (Å²) in [5, 5.41) is 14.8. The molecule has 0 bridgehead atoms. The quantitative estimate of drug-likeness (QED) is 0.623. The minimum absolute atomic E-state index is 0.0328. The minimum Gasteiger partial charge on any atom is -0.480 e. The zero-order chi connectivity index (χ0) is 13.8. The number of carboxylic acid groups (broad SMARTS) is 1. The molecule has 1 fully saturated rings. The molecule has 6 nitrogen and oxygen atoms in total. The highest BCUT2D eigenvalue weighted by molar-refractivity contribution is 5.88. The number of carboxylic acids is 1. The summed E-state index contributed by atoms with van der Waals surface area (Å²) in [5.41, 5.74) is -1.25. The second-order valence-electron chi connectivity index (χ2n) is 5.12. The van der Waals surface area contributed by atoms with Gasteiger partial charge in [0.05, 0.1) is 19.1 Å². The number of nitrogens with one attached hydrogen (secondary N) is 2. The van der Waals surface area contributed by atoms with E-state index in [9.17, 15) is 9.59 Å². The first-order chi connectivity index (χ1) is 8.38. The van der Waals surface area contributed by atoms with Gasteiger partial charge in [0.1, 0.15) is 5.54 Å².